The van der Waals surface area contributed by atoms with E-state index >= 15 is 0 Å². The van der Waals surface area contributed by atoms with Gasteiger partial charge in [0.05, 0.1) is 11.5 Å². The largest absolute Gasteiger partial charge is 0.491 e. The lowest BCUT2D eigenvalue weighted by molar-refractivity contribution is -0.384. The minimum Gasteiger partial charge on any atom is -0.491 e. The predicted octanol–water partition coefficient (Wildman–Crippen LogP) is 0.128. The molecule has 2 fully saturated rings. The molecule has 0 radical (unpaired) electrons. The molecule has 2 aliphatic heterocycles. The summed E-state index contributed by atoms with van der Waals surface area (Å²) >= 11 is 0. The number of guanidine groups is 1. The minimum atomic E-state index is -0.990. The van der Waals surface area contributed by atoms with Gasteiger partial charge < -0.3 is 25.0 Å². The zero-order chi connectivity index (χ0) is 22.7. The fourth-order valence-corrected chi connectivity index (χ4v) is 3.33. The van der Waals surface area contributed by atoms with Crippen LogP contribution in [0.3, 0.4) is 0 Å². The molecule has 31 heavy (non-hydrogen) atoms. The summed E-state index contributed by atoms with van der Waals surface area (Å²) in [7, 11) is 1.57. The van der Waals surface area contributed by atoms with Crippen molar-refractivity contribution in [2.75, 3.05) is 26.7 Å². The third-order valence-electron chi connectivity index (χ3n) is 4.92. The van der Waals surface area contributed by atoms with Crippen LogP contribution < -0.4 is 15.4 Å². The second-order valence-corrected chi connectivity index (χ2v) is 7.87. The highest BCUT2D eigenvalue weighted by atomic mass is 16.6. The number of fused-ring (bicyclic) bond motifs is 1. The Morgan fingerprint density at radius 1 is 1.29 bits per heavy atom. The second kappa shape index (κ2) is 9.16. The summed E-state index contributed by atoms with van der Waals surface area (Å²) in [5, 5.41) is 26.7. The number of carbonyl (C=O) groups excluding carboxylic acids is 2. The molecule has 1 aromatic carbocycles. The van der Waals surface area contributed by atoms with Gasteiger partial charge in [-0.2, -0.15) is 0 Å². The van der Waals surface area contributed by atoms with Gasteiger partial charge in [0.2, 0.25) is 0 Å². The Hall–Kier alpha value is -3.41. The number of aliphatic hydroxyl groups excluding tert-OH is 1. The highest BCUT2D eigenvalue weighted by Crippen LogP contribution is 2.22. The van der Waals surface area contributed by atoms with Gasteiger partial charge in [0.1, 0.15) is 24.6 Å². The summed E-state index contributed by atoms with van der Waals surface area (Å²) in [4.78, 5) is 42.2. The van der Waals surface area contributed by atoms with Gasteiger partial charge in [-0.25, -0.2) is 4.79 Å². The number of carbonyl (C=O) groups is 2. The quantitative estimate of drug-likeness (QED) is 0.386. The summed E-state index contributed by atoms with van der Waals surface area (Å²) < 4.78 is 5.52. The van der Waals surface area contributed by atoms with E-state index < -0.39 is 35.2 Å². The third kappa shape index (κ3) is 5.02. The van der Waals surface area contributed by atoms with Gasteiger partial charge in [-0.15, -0.1) is 0 Å². The van der Waals surface area contributed by atoms with Crippen LogP contribution in [0.4, 0.5) is 10.5 Å². The topological polar surface area (TPSA) is 150 Å². The Morgan fingerprint density at radius 2 is 1.97 bits per heavy atom. The minimum absolute atomic E-state index is 0.0352. The van der Waals surface area contributed by atoms with Crippen molar-refractivity contribution < 1.29 is 24.4 Å². The SMILES string of the molecule is CC(C)CN=C1NC2C(C(=O)NC(=O)N2C)N1CC(O)COc1ccc([N+](=O)[O-])cc1. The molecule has 0 saturated carbocycles. The van der Waals surface area contributed by atoms with Gasteiger partial charge in [-0.05, 0) is 18.1 Å². The van der Waals surface area contributed by atoms with Crippen LogP contribution >= 0.6 is 0 Å². The molecule has 2 aliphatic rings. The number of ether oxygens (including phenoxy) is 1. The van der Waals surface area contributed by atoms with E-state index in [2.05, 4.69) is 15.6 Å². The number of imide groups is 1. The molecule has 0 aliphatic carbocycles. The number of hydrogen-bond acceptors (Lipinski definition) is 7. The number of nitrogens with one attached hydrogen (secondary N) is 2. The molecule has 3 amide bonds. The number of urea groups is 1. The van der Waals surface area contributed by atoms with Crippen molar-refractivity contribution in [3.05, 3.63) is 34.4 Å². The number of hydrogen-bond donors (Lipinski definition) is 3. The summed E-state index contributed by atoms with van der Waals surface area (Å²) in [5.41, 5.74) is -0.0601. The Balaban J connectivity index is 1.69. The van der Waals surface area contributed by atoms with Crippen molar-refractivity contribution in [2.24, 2.45) is 10.9 Å². The summed E-state index contributed by atoms with van der Waals surface area (Å²) in [6.07, 6.45) is -1.59. The standard InChI is InChI=1S/C19H26N6O6/c1-11(2)8-20-18-21-16-15(17(27)22-19(28)23(16)3)24(18)9-13(26)10-31-14-6-4-12(5-7-14)25(29)30/h4-7,11,13,15-16,26H,8-10H2,1-3H3,(H,20,21)(H,22,27,28). The molecule has 0 spiro atoms. The first-order valence-corrected chi connectivity index (χ1v) is 9.88. The van der Waals surface area contributed by atoms with Crippen LogP contribution in [-0.4, -0.2) is 82.8 Å². The fourth-order valence-electron chi connectivity index (χ4n) is 3.33. The highest BCUT2D eigenvalue weighted by molar-refractivity contribution is 6.04. The maximum absolute atomic E-state index is 12.5. The maximum Gasteiger partial charge on any atom is 0.325 e. The lowest BCUT2D eigenvalue weighted by atomic mass is 10.1. The van der Waals surface area contributed by atoms with Crippen LogP contribution in [0.2, 0.25) is 0 Å². The number of β-amino-alcohol motifs (C(OH)–C–C–N with tert-alkyl or cyclic N) is 1. The first-order valence-electron chi connectivity index (χ1n) is 9.88. The van der Waals surface area contributed by atoms with Crippen LogP contribution in [-0.2, 0) is 4.79 Å². The molecule has 12 heteroatoms. The van der Waals surface area contributed by atoms with E-state index in [4.69, 9.17) is 4.74 Å². The summed E-state index contributed by atoms with van der Waals surface area (Å²) in [6, 6.07) is 4.26. The molecule has 168 valence electrons. The van der Waals surface area contributed by atoms with E-state index in [0.717, 1.165) is 0 Å². The number of nitrogens with zero attached hydrogens (tertiary/aromatic N) is 4. The number of non-ortho nitro benzene ring substituents is 1. The smallest absolute Gasteiger partial charge is 0.325 e. The third-order valence-corrected chi connectivity index (χ3v) is 4.92. The Morgan fingerprint density at radius 3 is 2.58 bits per heavy atom. The van der Waals surface area contributed by atoms with E-state index in [1.54, 1.807) is 11.9 Å². The number of amides is 3. The van der Waals surface area contributed by atoms with Gasteiger partial charge >= 0.3 is 6.03 Å². The van der Waals surface area contributed by atoms with Crippen LogP contribution in [0.25, 0.3) is 0 Å². The van der Waals surface area contributed by atoms with E-state index in [-0.39, 0.29) is 24.8 Å². The highest BCUT2D eigenvalue weighted by Gasteiger charge is 2.50. The molecule has 3 rings (SSSR count). The zero-order valence-corrected chi connectivity index (χ0v) is 17.5. The lowest BCUT2D eigenvalue weighted by Crippen LogP contribution is -2.65. The lowest BCUT2D eigenvalue weighted by Gasteiger charge is -2.35. The van der Waals surface area contributed by atoms with E-state index in [0.29, 0.717) is 18.3 Å². The molecule has 0 aromatic heterocycles. The molecule has 2 saturated heterocycles. The molecule has 0 bridgehead atoms. The first-order chi connectivity index (χ1) is 14.7. The van der Waals surface area contributed by atoms with Crippen molar-refractivity contribution in [1.82, 2.24) is 20.4 Å². The number of nitro benzene ring substituents is 1. The number of aliphatic imine (C=N–C) groups is 1. The Labute approximate surface area is 179 Å². The zero-order valence-electron chi connectivity index (χ0n) is 17.5. The van der Waals surface area contributed by atoms with Gasteiger partial charge in [0.15, 0.2) is 12.0 Å². The Bertz CT molecular complexity index is 873. The average Bonchev–Trinajstić information content (AvgIpc) is 3.08. The summed E-state index contributed by atoms with van der Waals surface area (Å²) in [6.45, 7) is 4.46. The monoisotopic (exact) mass is 434 g/mol. The van der Waals surface area contributed by atoms with Gasteiger partial charge in [0.25, 0.3) is 11.6 Å². The normalized spacial score (nSPS) is 22.9. The van der Waals surface area contributed by atoms with E-state index in [1.807, 2.05) is 13.8 Å². The van der Waals surface area contributed by atoms with Crippen molar-refractivity contribution in [3.63, 3.8) is 0 Å². The fraction of sp³-hybridized carbons (Fsp3) is 0.526. The number of nitro groups is 1. The number of likely N-dealkylation sites (N-methyl/N-ethyl adjacent to an activating group) is 1. The van der Waals surface area contributed by atoms with Gasteiger partial charge in [-0.3, -0.25) is 25.2 Å². The van der Waals surface area contributed by atoms with Crippen LogP contribution in [0.5, 0.6) is 5.75 Å². The van der Waals surface area contributed by atoms with Crippen LogP contribution in [0.15, 0.2) is 29.3 Å². The van der Waals surface area contributed by atoms with Crippen molar-refractivity contribution in [3.8, 4) is 5.75 Å². The number of rotatable bonds is 8. The van der Waals surface area contributed by atoms with E-state index in [1.165, 1.54) is 29.2 Å². The molecule has 2 heterocycles. The number of aliphatic hydroxyl groups is 1. The molecule has 3 unspecified atom stereocenters. The average molecular weight is 434 g/mol. The second-order valence-electron chi connectivity index (χ2n) is 7.87. The molecule has 3 atom stereocenters. The van der Waals surface area contributed by atoms with Crippen LogP contribution in [0.1, 0.15) is 13.8 Å². The molecule has 1 aromatic rings. The van der Waals surface area contributed by atoms with Crippen LogP contribution in [0, 0.1) is 16.0 Å². The van der Waals surface area contributed by atoms with Crippen molar-refractivity contribution in [2.45, 2.75) is 32.2 Å². The maximum atomic E-state index is 12.5. The Kier molecular flexibility index (Phi) is 6.59. The summed E-state index contributed by atoms with van der Waals surface area (Å²) in [5.74, 6) is 0.604. The molecular weight excluding hydrogens is 408 g/mol. The van der Waals surface area contributed by atoms with Gasteiger partial charge in [0, 0.05) is 25.7 Å². The van der Waals surface area contributed by atoms with E-state index in [9.17, 15) is 24.8 Å². The molecular formula is C19H26N6O6. The van der Waals surface area contributed by atoms with Crippen molar-refractivity contribution in [1.29, 1.82) is 0 Å². The number of benzene rings is 1. The first kappa shape index (κ1) is 22.3. The van der Waals surface area contributed by atoms with Gasteiger partial charge in [-0.1, -0.05) is 13.8 Å². The van der Waals surface area contributed by atoms with Crippen molar-refractivity contribution >= 4 is 23.6 Å². The molecule has 3 N–H and O–H groups in total. The molecule has 12 nitrogen and oxygen atoms in total. The predicted molar refractivity (Wildman–Crippen MR) is 110 cm³/mol.